The highest BCUT2D eigenvalue weighted by Gasteiger charge is 2.21. The van der Waals surface area contributed by atoms with Crippen molar-refractivity contribution in [3.05, 3.63) is 76.9 Å². The Morgan fingerprint density at radius 3 is 2.43 bits per heavy atom. The van der Waals surface area contributed by atoms with E-state index in [2.05, 4.69) is 10.0 Å². The quantitative estimate of drug-likeness (QED) is 0.636. The van der Waals surface area contributed by atoms with E-state index in [0.29, 0.717) is 5.56 Å². The van der Waals surface area contributed by atoms with Crippen LogP contribution < -0.4 is 10.0 Å². The summed E-state index contributed by atoms with van der Waals surface area (Å²) < 4.78 is 39.7. The minimum Gasteiger partial charge on any atom is -0.345 e. The van der Waals surface area contributed by atoms with E-state index in [4.69, 9.17) is 0 Å². The van der Waals surface area contributed by atoms with E-state index in [1.54, 1.807) is 25.1 Å². The molecule has 2 aromatic carbocycles. The molecule has 5 nitrogen and oxygen atoms in total. The first-order valence-electron chi connectivity index (χ1n) is 8.49. The Balaban J connectivity index is 1.98. The molecule has 3 aromatic rings. The molecular weight excluding hydrogens is 399 g/mol. The van der Waals surface area contributed by atoms with E-state index in [1.165, 1.54) is 42.6 Å². The molecular formula is C20H19FN2O3S2. The van der Waals surface area contributed by atoms with Crippen LogP contribution in [0, 0.1) is 5.82 Å². The van der Waals surface area contributed by atoms with Gasteiger partial charge in [0.05, 0.1) is 10.9 Å². The third-order valence-corrected chi connectivity index (χ3v) is 6.63. The maximum Gasteiger partial charge on any atom is 0.252 e. The van der Waals surface area contributed by atoms with Gasteiger partial charge in [0.2, 0.25) is 10.0 Å². The molecule has 0 unspecified atom stereocenters. The van der Waals surface area contributed by atoms with Crippen molar-refractivity contribution in [1.82, 2.24) is 10.0 Å². The van der Waals surface area contributed by atoms with Crippen LogP contribution in [0.3, 0.4) is 0 Å². The van der Waals surface area contributed by atoms with Crippen LogP contribution in [0.5, 0.6) is 0 Å². The summed E-state index contributed by atoms with van der Waals surface area (Å²) in [5.74, 6) is -0.763. The average Bonchev–Trinajstić information content (AvgIpc) is 3.22. The molecule has 0 radical (unpaired) electrons. The van der Waals surface area contributed by atoms with Gasteiger partial charge < -0.3 is 5.32 Å². The summed E-state index contributed by atoms with van der Waals surface area (Å²) in [6.07, 6.45) is 0. The molecule has 1 aromatic heterocycles. The van der Waals surface area contributed by atoms with Gasteiger partial charge in [-0.2, -0.15) is 0 Å². The van der Waals surface area contributed by atoms with Gasteiger partial charge in [0.15, 0.2) is 0 Å². The lowest BCUT2D eigenvalue weighted by Crippen LogP contribution is -2.27. The van der Waals surface area contributed by atoms with Gasteiger partial charge in [0.25, 0.3) is 5.91 Å². The van der Waals surface area contributed by atoms with Gasteiger partial charge in [0, 0.05) is 16.0 Å². The summed E-state index contributed by atoms with van der Waals surface area (Å²) in [5.41, 5.74) is 1.65. The van der Waals surface area contributed by atoms with Crippen molar-refractivity contribution in [3.8, 4) is 10.4 Å². The monoisotopic (exact) mass is 418 g/mol. The molecule has 2 N–H and O–H groups in total. The van der Waals surface area contributed by atoms with Gasteiger partial charge in [-0.05, 0) is 55.2 Å². The predicted molar refractivity (Wildman–Crippen MR) is 108 cm³/mol. The number of amides is 1. The Morgan fingerprint density at radius 2 is 1.82 bits per heavy atom. The van der Waals surface area contributed by atoms with Crippen LogP contribution in [0.15, 0.2) is 64.9 Å². The smallest absolute Gasteiger partial charge is 0.252 e. The van der Waals surface area contributed by atoms with E-state index < -0.39 is 15.9 Å². The van der Waals surface area contributed by atoms with Crippen LogP contribution in [-0.4, -0.2) is 21.4 Å². The Morgan fingerprint density at radius 1 is 1.11 bits per heavy atom. The zero-order valence-corrected chi connectivity index (χ0v) is 16.9. The first-order chi connectivity index (χ1) is 13.3. The molecule has 0 bridgehead atoms. The van der Waals surface area contributed by atoms with E-state index in [1.807, 2.05) is 17.5 Å². The first-order valence-corrected chi connectivity index (χ1v) is 10.9. The molecule has 146 valence electrons. The number of sulfonamides is 1. The van der Waals surface area contributed by atoms with Gasteiger partial charge >= 0.3 is 0 Å². The largest absolute Gasteiger partial charge is 0.345 e. The molecule has 0 aliphatic carbocycles. The van der Waals surface area contributed by atoms with Crippen LogP contribution in [-0.2, 0) is 10.0 Å². The number of thiophene rings is 1. The number of hydrogen-bond acceptors (Lipinski definition) is 4. The van der Waals surface area contributed by atoms with Crippen molar-refractivity contribution >= 4 is 27.3 Å². The zero-order valence-electron chi connectivity index (χ0n) is 15.3. The zero-order chi connectivity index (χ0) is 20.3. The minimum absolute atomic E-state index is 0.00916. The summed E-state index contributed by atoms with van der Waals surface area (Å²) in [4.78, 5) is 13.8. The second-order valence-electron chi connectivity index (χ2n) is 6.14. The van der Waals surface area contributed by atoms with Crippen LogP contribution in [0.1, 0.15) is 28.9 Å². The van der Waals surface area contributed by atoms with E-state index in [0.717, 1.165) is 10.4 Å². The molecule has 0 saturated carbocycles. The fourth-order valence-corrected chi connectivity index (χ4v) is 4.27. The molecule has 0 fully saturated rings. The number of benzene rings is 2. The molecule has 0 spiro atoms. The number of halogens is 1. The summed E-state index contributed by atoms with van der Waals surface area (Å²) in [6, 6.07) is 13.7. The summed E-state index contributed by atoms with van der Waals surface area (Å²) in [7, 11) is -2.38. The third-order valence-electron chi connectivity index (χ3n) is 4.32. The van der Waals surface area contributed by atoms with Crippen LogP contribution >= 0.6 is 11.3 Å². The molecule has 28 heavy (non-hydrogen) atoms. The third kappa shape index (κ3) is 4.30. The van der Waals surface area contributed by atoms with Crippen molar-refractivity contribution in [1.29, 1.82) is 0 Å². The number of nitrogens with one attached hydrogen (secondary N) is 2. The maximum absolute atomic E-state index is 13.1. The van der Waals surface area contributed by atoms with E-state index in [9.17, 15) is 17.6 Å². The lowest BCUT2D eigenvalue weighted by molar-refractivity contribution is 0.0940. The fourth-order valence-electron chi connectivity index (χ4n) is 2.75. The van der Waals surface area contributed by atoms with Crippen molar-refractivity contribution in [2.75, 3.05) is 7.05 Å². The average molecular weight is 419 g/mol. The van der Waals surface area contributed by atoms with Crippen LogP contribution in [0.2, 0.25) is 0 Å². The van der Waals surface area contributed by atoms with E-state index >= 15 is 0 Å². The summed E-state index contributed by atoms with van der Waals surface area (Å²) in [5, 5.41) is 4.74. The Bertz CT molecular complexity index is 1080. The van der Waals surface area contributed by atoms with Gasteiger partial charge in [-0.1, -0.05) is 24.3 Å². The van der Waals surface area contributed by atoms with Crippen molar-refractivity contribution in [3.63, 3.8) is 0 Å². The lowest BCUT2D eigenvalue weighted by atomic mass is 10.0. The normalized spacial score (nSPS) is 12.5. The van der Waals surface area contributed by atoms with Gasteiger partial charge in [-0.15, -0.1) is 11.3 Å². The summed E-state index contributed by atoms with van der Waals surface area (Å²) >= 11 is 1.46. The number of carbonyl (C=O) groups excluding carboxylic acids is 1. The number of rotatable bonds is 6. The Labute approximate surface area is 167 Å². The standard InChI is InChI=1S/C20H19FN2O3S2/c1-13(14-5-7-15(21)8-6-14)23-20(24)18-12-16(28(25,26)22-2)9-10-17(18)19-4-3-11-27-19/h3-13,22H,1-2H3,(H,23,24)/t13-/m1/s1. The molecule has 8 heteroatoms. The summed E-state index contributed by atoms with van der Waals surface area (Å²) in [6.45, 7) is 1.78. The Kier molecular flexibility index (Phi) is 5.93. The van der Waals surface area contributed by atoms with Gasteiger partial charge in [0.1, 0.15) is 5.82 Å². The molecule has 0 saturated heterocycles. The highest BCUT2D eigenvalue weighted by molar-refractivity contribution is 7.89. The first kappa shape index (κ1) is 20.2. The Hall–Kier alpha value is -2.55. The highest BCUT2D eigenvalue weighted by Crippen LogP contribution is 2.30. The van der Waals surface area contributed by atoms with Crippen molar-refractivity contribution < 1.29 is 17.6 Å². The van der Waals surface area contributed by atoms with Gasteiger partial charge in [-0.25, -0.2) is 17.5 Å². The molecule has 1 amide bonds. The molecule has 0 aliphatic rings. The van der Waals surface area contributed by atoms with Crippen molar-refractivity contribution in [2.24, 2.45) is 0 Å². The van der Waals surface area contributed by atoms with Crippen molar-refractivity contribution in [2.45, 2.75) is 17.9 Å². The molecule has 1 atom stereocenters. The van der Waals surface area contributed by atoms with Crippen LogP contribution in [0.25, 0.3) is 10.4 Å². The second kappa shape index (κ2) is 8.22. The minimum atomic E-state index is -3.69. The molecule has 3 rings (SSSR count). The van der Waals surface area contributed by atoms with E-state index in [-0.39, 0.29) is 22.3 Å². The van der Waals surface area contributed by atoms with Crippen LogP contribution in [0.4, 0.5) is 4.39 Å². The van der Waals surface area contributed by atoms with Gasteiger partial charge in [-0.3, -0.25) is 4.79 Å². The number of hydrogen-bond donors (Lipinski definition) is 2. The topological polar surface area (TPSA) is 75.3 Å². The second-order valence-corrected chi connectivity index (χ2v) is 8.97. The predicted octanol–water partition coefficient (Wildman–Crippen LogP) is 3.95. The molecule has 0 aliphatic heterocycles. The lowest BCUT2D eigenvalue weighted by Gasteiger charge is -2.17. The SMILES string of the molecule is CNS(=O)(=O)c1ccc(-c2cccs2)c(C(=O)N[C@H](C)c2ccc(F)cc2)c1. The number of carbonyl (C=O) groups is 1. The maximum atomic E-state index is 13.1. The highest BCUT2D eigenvalue weighted by atomic mass is 32.2. The molecule has 1 heterocycles. The fraction of sp³-hybridized carbons (Fsp3) is 0.150.